The van der Waals surface area contributed by atoms with Crippen molar-refractivity contribution in [3.63, 3.8) is 0 Å². The molecule has 4 aliphatic heterocycles. The molecule has 4 heterocycles. The molecule has 1 spiro atoms. The van der Waals surface area contributed by atoms with Gasteiger partial charge in [0, 0.05) is 26.7 Å². The number of hydrogen-bond acceptors (Lipinski definition) is 5. The molecule has 194 valence electrons. The molecule has 1 unspecified atom stereocenters. The Morgan fingerprint density at radius 2 is 1.77 bits per heavy atom. The average molecular weight is 488 g/mol. The van der Waals surface area contributed by atoms with Crippen LogP contribution in [0.25, 0.3) is 0 Å². The average Bonchev–Trinajstić information content (AvgIpc) is 3.15. The van der Waals surface area contributed by atoms with Gasteiger partial charge in [-0.25, -0.2) is 0 Å². The Hall–Kier alpha value is -2.19. The first-order valence-corrected chi connectivity index (χ1v) is 13.2. The molecule has 2 fully saturated rings. The first-order valence-electron chi connectivity index (χ1n) is 13.2. The Balaban J connectivity index is 1.91. The van der Waals surface area contributed by atoms with E-state index in [4.69, 9.17) is 4.74 Å². The van der Waals surface area contributed by atoms with Crippen LogP contribution in [-0.2, 0) is 19.1 Å². The van der Waals surface area contributed by atoms with Crippen molar-refractivity contribution in [2.24, 2.45) is 17.8 Å². The number of hydrogen-bond donors (Lipinski definition) is 1. The summed E-state index contributed by atoms with van der Waals surface area (Å²) in [4.78, 5) is 47.3. The van der Waals surface area contributed by atoms with Crippen LogP contribution in [-0.4, -0.2) is 94.1 Å². The first-order chi connectivity index (χ1) is 16.7. The van der Waals surface area contributed by atoms with Gasteiger partial charge in [-0.15, -0.1) is 0 Å². The van der Waals surface area contributed by atoms with Crippen LogP contribution in [0.5, 0.6) is 0 Å². The van der Waals surface area contributed by atoms with Crippen molar-refractivity contribution < 1.29 is 24.2 Å². The Labute approximate surface area is 208 Å². The van der Waals surface area contributed by atoms with Crippen molar-refractivity contribution in [3.8, 4) is 0 Å². The van der Waals surface area contributed by atoms with Crippen LogP contribution >= 0.6 is 0 Å². The highest BCUT2D eigenvalue weighted by Crippen LogP contribution is 2.59. The third-order valence-electron chi connectivity index (χ3n) is 8.79. The maximum Gasteiger partial charge on any atom is 0.249 e. The summed E-state index contributed by atoms with van der Waals surface area (Å²) < 4.78 is 6.92. The van der Waals surface area contributed by atoms with Gasteiger partial charge in [0.05, 0.1) is 30.1 Å². The molecule has 4 aliphatic rings. The standard InChI is InChI=1S/C27H41N3O5/c1-6-9-15-29-16-11-13-27-21(20-23(32)28(5)14-10-12-26(20,8-3)35-27)24(33)30(22(27)25(29)34)19(17-31)18(4)7-2/h10-13,18-22,31H,6-9,14-17H2,1-5H3/t18-,19-,20-,21-,22?,26+,27-/m0/s1. The zero-order chi connectivity index (χ0) is 25.5. The van der Waals surface area contributed by atoms with Gasteiger partial charge in [-0.3, -0.25) is 14.4 Å². The molecule has 3 amide bonds. The monoisotopic (exact) mass is 487 g/mol. The second-order valence-electron chi connectivity index (χ2n) is 10.7. The normalized spacial score (nSPS) is 36.1. The summed E-state index contributed by atoms with van der Waals surface area (Å²) in [6.07, 6.45) is 10.8. The predicted molar refractivity (Wildman–Crippen MR) is 132 cm³/mol. The van der Waals surface area contributed by atoms with Crippen molar-refractivity contribution >= 4 is 17.7 Å². The maximum absolute atomic E-state index is 14.4. The lowest BCUT2D eigenvalue weighted by Gasteiger charge is -2.42. The SMILES string of the molecule is CCCCN1CC=C[C@]23O[C@]4(CC)C=CCN(C)C(=O)[C@@H]4[C@H]2C(=O)N([C@@H](CO)[C@@H](C)CC)C3C1=O. The second kappa shape index (κ2) is 9.69. The van der Waals surface area contributed by atoms with Crippen molar-refractivity contribution in [2.75, 3.05) is 33.3 Å². The van der Waals surface area contributed by atoms with Crippen LogP contribution in [0.2, 0.25) is 0 Å². The van der Waals surface area contributed by atoms with E-state index in [1.54, 1.807) is 21.7 Å². The Morgan fingerprint density at radius 3 is 2.40 bits per heavy atom. The van der Waals surface area contributed by atoms with Crippen molar-refractivity contribution in [2.45, 2.75) is 76.7 Å². The van der Waals surface area contributed by atoms with Crippen LogP contribution in [0.15, 0.2) is 24.3 Å². The summed E-state index contributed by atoms with van der Waals surface area (Å²) in [5.74, 6) is -2.13. The molecular weight excluding hydrogens is 446 g/mol. The quantitative estimate of drug-likeness (QED) is 0.529. The number of unbranched alkanes of at least 4 members (excludes halogenated alkanes) is 1. The fourth-order valence-electron chi connectivity index (χ4n) is 6.59. The van der Waals surface area contributed by atoms with E-state index in [-0.39, 0.29) is 30.2 Å². The van der Waals surface area contributed by atoms with Gasteiger partial charge in [0.2, 0.25) is 17.7 Å². The molecule has 0 aromatic heterocycles. The van der Waals surface area contributed by atoms with Gasteiger partial charge in [0.1, 0.15) is 11.6 Å². The number of carbonyl (C=O) groups excluding carboxylic acids is 3. The van der Waals surface area contributed by atoms with E-state index in [2.05, 4.69) is 6.92 Å². The van der Waals surface area contributed by atoms with Crippen LogP contribution in [0.1, 0.15) is 53.4 Å². The fraction of sp³-hybridized carbons (Fsp3) is 0.741. The summed E-state index contributed by atoms with van der Waals surface area (Å²) >= 11 is 0. The van der Waals surface area contributed by atoms with E-state index in [0.29, 0.717) is 26.1 Å². The lowest BCUT2D eigenvalue weighted by Crippen LogP contribution is -2.60. The van der Waals surface area contributed by atoms with Crippen molar-refractivity contribution in [1.29, 1.82) is 0 Å². The van der Waals surface area contributed by atoms with Crippen LogP contribution in [0, 0.1) is 17.8 Å². The van der Waals surface area contributed by atoms with Gasteiger partial charge >= 0.3 is 0 Å². The molecule has 8 nitrogen and oxygen atoms in total. The number of ether oxygens (including phenoxy) is 1. The molecule has 0 aromatic rings. The molecule has 1 N–H and O–H groups in total. The minimum absolute atomic E-state index is 0.0210. The molecule has 0 aliphatic carbocycles. The van der Waals surface area contributed by atoms with Crippen molar-refractivity contribution in [3.05, 3.63) is 24.3 Å². The Kier molecular flexibility index (Phi) is 7.17. The van der Waals surface area contributed by atoms with Gasteiger partial charge in [0.25, 0.3) is 0 Å². The minimum atomic E-state index is -1.26. The molecule has 7 atom stereocenters. The molecule has 0 bridgehead atoms. The highest BCUT2D eigenvalue weighted by Gasteiger charge is 2.75. The van der Waals surface area contributed by atoms with Gasteiger partial charge in [-0.2, -0.15) is 0 Å². The number of amides is 3. The fourth-order valence-corrected chi connectivity index (χ4v) is 6.59. The van der Waals surface area contributed by atoms with Crippen LogP contribution in [0.3, 0.4) is 0 Å². The maximum atomic E-state index is 14.4. The van der Waals surface area contributed by atoms with E-state index in [0.717, 1.165) is 19.3 Å². The second-order valence-corrected chi connectivity index (χ2v) is 10.7. The topological polar surface area (TPSA) is 90.4 Å². The summed E-state index contributed by atoms with van der Waals surface area (Å²) in [5, 5.41) is 10.4. The number of nitrogens with zero attached hydrogens (tertiary/aromatic N) is 3. The lowest BCUT2D eigenvalue weighted by molar-refractivity contribution is -0.158. The Morgan fingerprint density at radius 1 is 1.06 bits per heavy atom. The molecule has 0 radical (unpaired) electrons. The highest BCUT2D eigenvalue weighted by molar-refractivity contribution is 6.00. The molecule has 2 saturated heterocycles. The molecule has 35 heavy (non-hydrogen) atoms. The third-order valence-corrected chi connectivity index (χ3v) is 8.79. The summed E-state index contributed by atoms with van der Waals surface area (Å²) in [5.41, 5.74) is -2.21. The minimum Gasteiger partial charge on any atom is -0.394 e. The first kappa shape index (κ1) is 25.9. The summed E-state index contributed by atoms with van der Waals surface area (Å²) in [7, 11) is 1.74. The van der Waals surface area contributed by atoms with E-state index in [1.807, 2.05) is 45.1 Å². The number of carbonyl (C=O) groups is 3. The van der Waals surface area contributed by atoms with Crippen LogP contribution < -0.4 is 0 Å². The smallest absolute Gasteiger partial charge is 0.249 e. The predicted octanol–water partition coefficient (Wildman–Crippen LogP) is 1.98. The molecule has 0 saturated carbocycles. The zero-order valence-corrected chi connectivity index (χ0v) is 21.8. The highest BCUT2D eigenvalue weighted by atomic mass is 16.5. The van der Waals surface area contributed by atoms with E-state index in [1.165, 1.54) is 0 Å². The zero-order valence-electron chi connectivity index (χ0n) is 21.8. The van der Waals surface area contributed by atoms with E-state index in [9.17, 15) is 19.5 Å². The van der Waals surface area contributed by atoms with E-state index < -0.39 is 35.1 Å². The largest absolute Gasteiger partial charge is 0.394 e. The van der Waals surface area contributed by atoms with E-state index >= 15 is 0 Å². The number of likely N-dealkylation sites (tertiary alicyclic amines) is 1. The van der Waals surface area contributed by atoms with Gasteiger partial charge in [0.15, 0.2) is 0 Å². The molecular formula is C27H41N3O5. The summed E-state index contributed by atoms with van der Waals surface area (Å²) in [6, 6.07) is -1.44. The molecule has 0 aromatic carbocycles. The number of aliphatic hydroxyl groups excluding tert-OH is 1. The third kappa shape index (κ3) is 3.75. The van der Waals surface area contributed by atoms with Gasteiger partial charge < -0.3 is 24.5 Å². The number of likely N-dealkylation sites (N-methyl/N-ethyl adjacent to an activating group) is 1. The molecule has 4 rings (SSSR count). The van der Waals surface area contributed by atoms with Gasteiger partial charge in [-0.1, -0.05) is 64.8 Å². The van der Waals surface area contributed by atoms with Crippen molar-refractivity contribution in [1.82, 2.24) is 14.7 Å². The molecule has 8 heteroatoms. The number of fused-ring (bicyclic) bond motifs is 2. The lowest BCUT2D eigenvalue weighted by atomic mass is 9.73. The van der Waals surface area contributed by atoms with Gasteiger partial charge in [-0.05, 0) is 18.8 Å². The Bertz CT molecular complexity index is 918. The van der Waals surface area contributed by atoms with Crippen LogP contribution in [0.4, 0.5) is 0 Å². The number of rotatable bonds is 8. The summed E-state index contributed by atoms with van der Waals surface area (Å²) in [6.45, 7) is 9.29. The number of aliphatic hydroxyl groups is 1.